The van der Waals surface area contributed by atoms with Crippen molar-refractivity contribution in [1.29, 1.82) is 0 Å². The summed E-state index contributed by atoms with van der Waals surface area (Å²) in [5.74, 6) is 0.588. The standard InChI is InChI=1S/C12H19N3OS/c1-2-15-5-3-10(4-6-15)7-13-12(16)11-8-17-9-14-11/h8-10H,2-7H2,1H3,(H,13,16). The highest BCUT2D eigenvalue weighted by Gasteiger charge is 2.18. The number of nitrogens with zero attached hydrogens (tertiary/aromatic N) is 2. The molecule has 1 saturated heterocycles. The molecule has 1 N–H and O–H groups in total. The lowest BCUT2D eigenvalue weighted by Gasteiger charge is -2.30. The Labute approximate surface area is 106 Å². The number of hydrogen-bond donors (Lipinski definition) is 1. The van der Waals surface area contributed by atoms with E-state index in [0.29, 0.717) is 11.6 Å². The molecule has 1 aromatic heterocycles. The van der Waals surface area contributed by atoms with Crippen molar-refractivity contribution in [3.8, 4) is 0 Å². The van der Waals surface area contributed by atoms with Gasteiger partial charge in [0, 0.05) is 11.9 Å². The molecular formula is C12H19N3OS. The third-order valence-electron chi connectivity index (χ3n) is 3.37. The Morgan fingerprint density at radius 3 is 2.94 bits per heavy atom. The molecule has 0 aromatic carbocycles. The van der Waals surface area contributed by atoms with Crippen molar-refractivity contribution in [1.82, 2.24) is 15.2 Å². The first kappa shape index (κ1) is 12.5. The Kier molecular flexibility index (Phi) is 4.50. The maximum absolute atomic E-state index is 11.7. The fourth-order valence-corrected chi connectivity index (χ4v) is 2.69. The van der Waals surface area contributed by atoms with Crippen LogP contribution in [0.2, 0.25) is 0 Å². The molecule has 0 saturated carbocycles. The highest BCUT2D eigenvalue weighted by Crippen LogP contribution is 2.16. The van der Waals surface area contributed by atoms with Crippen LogP contribution in [0.4, 0.5) is 0 Å². The number of nitrogens with one attached hydrogen (secondary N) is 1. The van der Waals surface area contributed by atoms with Gasteiger partial charge in [0.15, 0.2) is 0 Å². The first-order valence-electron chi connectivity index (χ1n) is 6.18. The summed E-state index contributed by atoms with van der Waals surface area (Å²) in [5.41, 5.74) is 2.23. The van der Waals surface area contributed by atoms with Crippen LogP contribution in [-0.2, 0) is 0 Å². The lowest BCUT2D eigenvalue weighted by molar-refractivity contribution is 0.0932. The van der Waals surface area contributed by atoms with E-state index in [-0.39, 0.29) is 5.91 Å². The average molecular weight is 253 g/mol. The molecule has 0 unspecified atom stereocenters. The van der Waals surface area contributed by atoms with Gasteiger partial charge in [-0.2, -0.15) is 0 Å². The van der Waals surface area contributed by atoms with Gasteiger partial charge in [-0.3, -0.25) is 4.79 Å². The molecule has 0 aliphatic carbocycles. The zero-order valence-corrected chi connectivity index (χ0v) is 11.0. The number of amides is 1. The lowest BCUT2D eigenvalue weighted by Crippen LogP contribution is -2.38. The van der Waals surface area contributed by atoms with Crippen LogP contribution in [0.1, 0.15) is 30.3 Å². The minimum atomic E-state index is -0.0378. The summed E-state index contributed by atoms with van der Waals surface area (Å²) in [7, 11) is 0. The molecule has 1 amide bonds. The van der Waals surface area contributed by atoms with E-state index in [2.05, 4.69) is 22.1 Å². The van der Waals surface area contributed by atoms with Gasteiger partial charge in [-0.25, -0.2) is 4.98 Å². The first-order valence-corrected chi connectivity index (χ1v) is 7.12. The van der Waals surface area contributed by atoms with Crippen LogP contribution in [-0.4, -0.2) is 42.0 Å². The van der Waals surface area contributed by atoms with Gasteiger partial charge in [0.1, 0.15) is 5.69 Å². The van der Waals surface area contributed by atoms with E-state index in [4.69, 9.17) is 0 Å². The largest absolute Gasteiger partial charge is 0.350 e. The Morgan fingerprint density at radius 1 is 1.59 bits per heavy atom. The molecule has 4 nitrogen and oxygen atoms in total. The van der Waals surface area contributed by atoms with Crippen LogP contribution in [0.5, 0.6) is 0 Å². The van der Waals surface area contributed by atoms with Gasteiger partial charge in [-0.15, -0.1) is 11.3 Å². The zero-order valence-electron chi connectivity index (χ0n) is 10.2. The molecule has 1 aliphatic rings. The van der Waals surface area contributed by atoms with Crippen molar-refractivity contribution in [2.75, 3.05) is 26.2 Å². The molecule has 0 atom stereocenters. The average Bonchev–Trinajstić information content (AvgIpc) is 2.90. The van der Waals surface area contributed by atoms with Crippen LogP contribution in [0.15, 0.2) is 10.9 Å². The van der Waals surface area contributed by atoms with Gasteiger partial charge in [-0.1, -0.05) is 6.92 Å². The van der Waals surface area contributed by atoms with Crippen molar-refractivity contribution in [2.24, 2.45) is 5.92 Å². The van der Waals surface area contributed by atoms with Gasteiger partial charge < -0.3 is 10.2 Å². The Hall–Kier alpha value is -0.940. The van der Waals surface area contributed by atoms with E-state index in [9.17, 15) is 4.79 Å². The third-order valence-corrected chi connectivity index (χ3v) is 3.96. The normalized spacial score (nSPS) is 18.2. The van der Waals surface area contributed by atoms with Crippen molar-refractivity contribution in [3.05, 3.63) is 16.6 Å². The van der Waals surface area contributed by atoms with E-state index in [1.165, 1.54) is 24.2 Å². The maximum atomic E-state index is 11.7. The van der Waals surface area contributed by atoms with Crippen LogP contribution in [0.3, 0.4) is 0 Å². The second kappa shape index (κ2) is 6.12. The molecule has 2 heterocycles. The number of thiazole rings is 1. The number of piperidine rings is 1. The van der Waals surface area contributed by atoms with Gasteiger partial charge in [-0.05, 0) is 38.4 Å². The summed E-state index contributed by atoms with van der Waals surface area (Å²) in [4.78, 5) is 18.2. The molecular weight excluding hydrogens is 234 g/mol. The van der Waals surface area contributed by atoms with Crippen molar-refractivity contribution in [3.63, 3.8) is 0 Å². The number of aromatic nitrogens is 1. The van der Waals surface area contributed by atoms with Crippen molar-refractivity contribution >= 4 is 17.2 Å². The summed E-state index contributed by atoms with van der Waals surface area (Å²) in [5, 5.41) is 4.76. The molecule has 94 valence electrons. The molecule has 0 bridgehead atoms. The molecule has 1 aromatic rings. The predicted octanol–water partition coefficient (Wildman–Crippen LogP) is 1.60. The molecule has 0 spiro atoms. The van der Waals surface area contributed by atoms with Gasteiger partial charge in [0.05, 0.1) is 5.51 Å². The minimum absolute atomic E-state index is 0.0378. The summed E-state index contributed by atoms with van der Waals surface area (Å²) < 4.78 is 0. The summed E-state index contributed by atoms with van der Waals surface area (Å²) in [6.45, 7) is 6.44. The number of likely N-dealkylation sites (tertiary alicyclic amines) is 1. The van der Waals surface area contributed by atoms with Crippen LogP contribution in [0, 0.1) is 5.92 Å². The second-order valence-corrected chi connectivity index (χ2v) is 5.18. The summed E-state index contributed by atoms with van der Waals surface area (Å²) in [6.07, 6.45) is 2.37. The second-order valence-electron chi connectivity index (χ2n) is 4.46. The van der Waals surface area contributed by atoms with Gasteiger partial charge >= 0.3 is 0 Å². The highest BCUT2D eigenvalue weighted by atomic mass is 32.1. The number of carbonyl (C=O) groups excluding carboxylic acids is 1. The van der Waals surface area contributed by atoms with E-state index >= 15 is 0 Å². The Bertz CT molecular complexity index is 345. The van der Waals surface area contributed by atoms with Crippen LogP contribution < -0.4 is 5.32 Å². The predicted molar refractivity (Wildman–Crippen MR) is 69.3 cm³/mol. The molecule has 1 aliphatic heterocycles. The molecule has 0 radical (unpaired) electrons. The van der Waals surface area contributed by atoms with E-state index in [0.717, 1.165) is 26.2 Å². The third kappa shape index (κ3) is 3.51. The highest BCUT2D eigenvalue weighted by molar-refractivity contribution is 7.07. The van der Waals surface area contributed by atoms with Gasteiger partial charge in [0.2, 0.25) is 0 Å². The first-order chi connectivity index (χ1) is 8.29. The lowest BCUT2D eigenvalue weighted by atomic mass is 9.97. The molecule has 2 rings (SSSR count). The molecule has 1 fully saturated rings. The van der Waals surface area contributed by atoms with Crippen molar-refractivity contribution < 1.29 is 4.79 Å². The summed E-state index contributed by atoms with van der Waals surface area (Å²) >= 11 is 1.45. The molecule has 5 heteroatoms. The van der Waals surface area contributed by atoms with E-state index in [1.54, 1.807) is 10.9 Å². The quantitative estimate of drug-likeness (QED) is 0.886. The maximum Gasteiger partial charge on any atom is 0.270 e. The van der Waals surface area contributed by atoms with Gasteiger partial charge in [0.25, 0.3) is 5.91 Å². The number of hydrogen-bond acceptors (Lipinski definition) is 4. The number of carbonyl (C=O) groups is 1. The Balaban J connectivity index is 1.71. The fraction of sp³-hybridized carbons (Fsp3) is 0.667. The number of rotatable bonds is 4. The summed E-state index contributed by atoms with van der Waals surface area (Å²) in [6, 6.07) is 0. The zero-order chi connectivity index (χ0) is 12.1. The topological polar surface area (TPSA) is 45.2 Å². The van der Waals surface area contributed by atoms with E-state index in [1.807, 2.05) is 0 Å². The van der Waals surface area contributed by atoms with Crippen LogP contribution >= 0.6 is 11.3 Å². The Morgan fingerprint density at radius 2 is 2.35 bits per heavy atom. The monoisotopic (exact) mass is 253 g/mol. The smallest absolute Gasteiger partial charge is 0.270 e. The SMILES string of the molecule is CCN1CCC(CNC(=O)c2cscn2)CC1. The fourth-order valence-electron chi connectivity index (χ4n) is 2.16. The molecule has 17 heavy (non-hydrogen) atoms. The van der Waals surface area contributed by atoms with Crippen LogP contribution in [0.25, 0.3) is 0 Å². The van der Waals surface area contributed by atoms with E-state index < -0.39 is 0 Å². The van der Waals surface area contributed by atoms with Crippen molar-refractivity contribution in [2.45, 2.75) is 19.8 Å². The minimum Gasteiger partial charge on any atom is -0.350 e.